The van der Waals surface area contributed by atoms with Crippen molar-refractivity contribution in [1.82, 2.24) is 43.1 Å². The molecule has 0 aliphatic carbocycles. The Labute approximate surface area is 301 Å². The lowest BCUT2D eigenvalue weighted by Crippen LogP contribution is -2.28. The molecule has 0 spiro atoms. The zero-order valence-electron chi connectivity index (χ0n) is 31.2. The number of amides is 3. The number of hydrogen-bond acceptors (Lipinski definition) is 5. The first-order valence-corrected chi connectivity index (χ1v) is 17.3. The van der Waals surface area contributed by atoms with Crippen molar-refractivity contribution in [2.45, 2.75) is 67.7 Å². The van der Waals surface area contributed by atoms with Gasteiger partial charge in [0.25, 0.3) is 17.7 Å². The quantitative estimate of drug-likeness (QED) is 0.225. The number of benzene rings is 2. The van der Waals surface area contributed by atoms with E-state index in [1.165, 1.54) is 0 Å². The third-order valence-electron chi connectivity index (χ3n) is 9.50. The third kappa shape index (κ3) is 6.47. The van der Waals surface area contributed by atoms with Crippen LogP contribution in [0, 0.1) is 13.8 Å². The number of imidazole rings is 2. The van der Waals surface area contributed by atoms with Gasteiger partial charge >= 0.3 is 0 Å². The minimum atomic E-state index is -0.408. The van der Waals surface area contributed by atoms with Gasteiger partial charge in [-0.25, -0.2) is 0 Å². The summed E-state index contributed by atoms with van der Waals surface area (Å²) in [5, 5.41) is 11.6. The Bertz CT molecular complexity index is 2560. The third-order valence-corrected chi connectivity index (χ3v) is 9.50. The molecule has 270 valence electrons. The summed E-state index contributed by atoms with van der Waals surface area (Å²) in [4.78, 5) is 49.2. The van der Waals surface area contributed by atoms with E-state index in [0.29, 0.717) is 54.4 Å². The summed E-state index contributed by atoms with van der Waals surface area (Å²) >= 11 is 0. The summed E-state index contributed by atoms with van der Waals surface area (Å²) < 4.78 is 11.1. The van der Waals surface area contributed by atoms with Crippen LogP contribution >= 0.6 is 0 Å². The molecule has 0 saturated carbocycles. The molecule has 0 aliphatic heterocycles. The van der Waals surface area contributed by atoms with Crippen LogP contribution in [-0.4, -0.2) is 62.6 Å². The monoisotopic (exact) mass is 703 g/mol. The van der Waals surface area contributed by atoms with Gasteiger partial charge in [-0.2, -0.15) is 20.2 Å². The van der Waals surface area contributed by atoms with Crippen LogP contribution in [0.2, 0.25) is 0 Å². The molecule has 0 fully saturated rings. The molecule has 14 nitrogen and oxygen atoms in total. The number of carbonyl (C=O) groups is 3. The van der Waals surface area contributed by atoms with E-state index in [4.69, 9.17) is 0 Å². The number of para-hydroxylation sites is 2. The van der Waals surface area contributed by atoms with Crippen LogP contribution in [0.25, 0.3) is 22.1 Å². The van der Waals surface area contributed by atoms with Gasteiger partial charge in [0.15, 0.2) is 0 Å². The fourth-order valence-corrected chi connectivity index (χ4v) is 6.62. The first-order valence-electron chi connectivity index (χ1n) is 17.3. The second kappa shape index (κ2) is 14.3. The fourth-order valence-electron chi connectivity index (χ4n) is 6.62. The van der Waals surface area contributed by atoms with Crippen LogP contribution in [0.3, 0.4) is 0 Å². The largest absolute Gasteiger partial charge is 0.355 e. The van der Waals surface area contributed by atoms with Gasteiger partial charge in [-0.15, -0.1) is 0 Å². The molecule has 0 saturated heterocycles. The normalized spacial score (nSPS) is 13.0. The lowest BCUT2D eigenvalue weighted by atomic mass is 10.1. The standard InChI is InChI=1S/C38H45N11O3/c1-10-48-32(18-25(5)42-48)35(51)40-37-44(8)28-14-12-13-15-29(28)46(37)21-23(3)24(4)22-47-30-17-16-27(34(50)39-7)20-31(30)45(9)38(47)41-36(52)33-19-26(6)43-49(33)11-2/h12-20H,10-11,21-22H2,1-9H3,(H,39,50)/b24-23+,40-37?,41-38?. The lowest BCUT2D eigenvalue weighted by molar-refractivity contribution is 0.0959. The second-order valence-corrected chi connectivity index (χ2v) is 13.0. The Hall–Kier alpha value is -6.05. The van der Waals surface area contributed by atoms with Gasteiger partial charge in [0, 0.05) is 52.9 Å². The van der Waals surface area contributed by atoms with E-state index < -0.39 is 5.91 Å². The SMILES string of the molecule is CCn1nc(C)cc1C(=O)N=c1n(C)c2ccccc2n1C/C(C)=C(\C)Cn1c(=NC(=O)c2cc(C)nn2CC)n(C)c2cc(C(=O)NC)ccc21. The van der Waals surface area contributed by atoms with E-state index in [1.54, 1.807) is 34.6 Å². The predicted molar refractivity (Wildman–Crippen MR) is 199 cm³/mol. The van der Waals surface area contributed by atoms with Crippen LogP contribution in [-0.2, 0) is 40.3 Å². The molecule has 0 aliphatic rings. The van der Waals surface area contributed by atoms with Crippen molar-refractivity contribution in [3.05, 3.63) is 105 Å². The number of allylic oxidation sites excluding steroid dienone is 2. The zero-order valence-corrected chi connectivity index (χ0v) is 31.2. The number of hydrogen-bond donors (Lipinski definition) is 1. The summed E-state index contributed by atoms with van der Waals surface area (Å²) in [6.45, 7) is 13.7. The molecule has 6 aromatic rings. The highest BCUT2D eigenvalue weighted by molar-refractivity contribution is 5.97. The summed E-state index contributed by atoms with van der Waals surface area (Å²) in [5.41, 5.74) is 9.31. The van der Waals surface area contributed by atoms with Crippen molar-refractivity contribution < 1.29 is 14.4 Å². The van der Waals surface area contributed by atoms with Crippen LogP contribution in [0.4, 0.5) is 0 Å². The smallest absolute Gasteiger partial charge is 0.298 e. The van der Waals surface area contributed by atoms with E-state index in [-0.39, 0.29) is 11.8 Å². The lowest BCUT2D eigenvalue weighted by Gasteiger charge is -2.12. The van der Waals surface area contributed by atoms with Crippen molar-refractivity contribution in [2.24, 2.45) is 24.1 Å². The molecular formula is C38H45N11O3. The summed E-state index contributed by atoms with van der Waals surface area (Å²) in [6, 6.07) is 17.0. The van der Waals surface area contributed by atoms with E-state index >= 15 is 0 Å². The van der Waals surface area contributed by atoms with E-state index in [9.17, 15) is 14.4 Å². The highest BCUT2D eigenvalue weighted by atomic mass is 16.2. The van der Waals surface area contributed by atoms with Crippen molar-refractivity contribution in [3.63, 3.8) is 0 Å². The number of fused-ring (bicyclic) bond motifs is 2. The fraction of sp³-hybridized carbons (Fsp3) is 0.342. The maximum atomic E-state index is 13.7. The van der Waals surface area contributed by atoms with Crippen molar-refractivity contribution in [1.29, 1.82) is 0 Å². The average molecular weight is 704 g/mol. The molecule has 1 N–H and O–H groups in total. The topological polar surface area (TPSA) is 143 Å². The van der Waals surface area contributed by atoms with E-state index in [0.717, 1.165) is 44.6 Å². The summed E-state index contributed by atoms with van der Waals surface area (Å²) in [6.07, 6.45) is 0. The number of nitrogens with zero attached hydrogens (tertiary/aromatic N) is 10. The molecule has 4 heterocycles. The molecule has 52 heavy (non-hydrogen) atoms. The zero-order chi connectivity index (χ0) is 37.4. The average Bonchev–Trinajstić information content (AvgIpc) is 3.86. The molecule has 4 aromatic heterocycles. The van der Waals surface area contributed by atoms with Gasteiger partial charge in [-0.1, -0.05) is 23.3 Å². The minimum Gasteiger partial charge on any atom is -0.355 e. The molecule has 0 atom stereocenters. The second-order valence-electron chi connectivity index (χ2n) is 13.0. The molecular weight excluding hydrogens is 658 g/mol. The van der Waals surface area contributed by atoms with Gasteiger partial charge in [0.05, 0.1) is 33.5 Å². The molecule has 2 aromatic carbocycles. The van der Waals surface area contributed by atoms with Gasteiger partial charge < -0.3 is 23.6 Å². The first kappa shape index (κ1) is 35.8. The van der Waals surface area contributed by atoms with E-state index in [1.807, 2.05) is 91.9 Å². The molecule has 6 rings (SSSR count). The Morgan fingerprint density at radius 3 is 1.62 bits per heavy atom. The van der Waals surface area contributed by atoms with Crippen LogP contribution in [0.1, 0.15) is 70.4 Å². The number of aromatic nitrogens is 8. The molecule has 14 heteroatoms. The maximum Gasteiger partial charge on any atom is 0.298 e. The van der Waals surface area contributed by atoms with Gasteiger partial charge in [0.1, 0.15) is 11.4 Å². The van der Waals surface area contributed by atoms with E-state index in [2.05, 4.69) is 43.9 Å². The van der Waals surface area contributed by atoms with Gasteiger partial charge in [-0.3, -0.25) is 23.7 Å². The van der Waals surface area contributed by atoms with Crippen LogP contribution in [0.15, 0.2) is 75.7 Å². The predicted octanol–water partition coefficient (Wildman–Crippen LogP) is 4.20. The minimum absolute atomic E-state index is 0.209. The van der Waals surface area contributed by atoms with Crippen molar-refractivity contribution >= 4 is 39.8 Å². The Kier molecular flexibility index (Phi) is 9.83. The number of rotatable bonds is 9. The first-order chi connectivity index (χ1) is 24.9. The maximum absolute atomic E-state index is 13.7. The number of carbonyl (C=O) groups excluding carboxylic acids is 3. The van der Waals surface area contributed by atoms with Crippen LogP contribution in [0.5, 0.6) is 0 Å². The summed E-state index contributed by atoms with van der Waals surface area (Å²) in [7, 11) is 5.35. The van der Waals surface area contributed by atoms with Crippen molar-refractivity contribution in [3.8, 4) is 0 Å². The highest BCUT2D eigenvalue weighted by Gasteiger charge is 2.19. The summed E-state index contributed by atoms with van der Waals surface area (Å²) in [5.74, 6) is -0.980. The Morgan fingerprint density at radius 2 is 1.13 bits per heavy atom. The Morgan fingerprint density at radius 1 is 0.673 bits per heavy atom. The van der Waals surface area contributed by atoms with Crippen molar-refractivity contribution in [2.75, 3.05) is 7.05 Å². The molecule has 0 unspecified atom stereocenters. The van der Waals surface area contributed by atoms with Gasteiger partial charge in [-0.05, 0) is 84.0 Å². The van der Waals surface area contributed by atoms with Gasteiger partial charge in [0.2, 0.25) is 11.2 Å². The molecule has 0 bridgehead atoms. The number of aryl methyl sites for hydroxylation is 6. The van der Waals surface area contributed by atoms with Crippen LogP contribution < -0.4 is 16.6 Å². The molecule has 0 radical (unpaired) electrons. The Balaban J connectivity index is 1.47. The number of nitrogens with one attached hydrogen (secondary N) is 1. The molecule has 3 amide bonds. The highest BCUT2D eigenvalue weighted by Crippen LogP contribution is 2.20.